The van der Waals surface area contributed by atoms with Crippen molar-refractivity contribution in [3.05, 3.63) is 83.8 Å². The van der Waals surface area contributed by atoms with Crippen LogP contribution in [-0.2, 0) is 17.9 Å². The van der Waals surface area contributed by atoms with Crippen LogP contribution in [0, 0.1) is 19.8 Å². The van der Waals surface area contributed by atoms with Gasteiger partial charge in [-0.2, -0.15) is 4.98 Å². The molecule has 1 amide bonds. The van der Waals surface area contributed by atoms with Crippen molar-refractivity contribution >= 4 is 5.91 Å². The largest absolute Gasteiger partial charge is 0.352 e. The fourth-order valence-corrected chi connectivity index (χ4v) is 4.58. The first-order chi connectivity index (χ1) is 17.0. The Balaban J connectivity index is 1.14. The number of aryl methyl sites for hydroxylation is 2. The Labute approximate surface area is 205 Å². The standard InChI is InChI=1S/C27H30N6O2/c1-19-5-3-6-22(15-19)26-30-25(35-31-26)18-32-13-4-7-23(17-32)27(34)29-16-21-8-10-24(11-9-21)33-14-12-28-20(33)2/h3,5-6,8-12,14-15,23H,4,7,13,16-18H2,1-2H3,(H,29,34). The predicted molar refractivity (Wildman–Crippen MR) is 133 cm³/mol. The Kier molecular flexibility index (Phi) is 6.72. The first-order valence-corrected chi connectivity index (χ1v) is 12.0. The Morgan fingerprint density at radius 2 is 2.03 bits per heavy atom. The fraction of sp³-hybridized carbons (Fsp3) is 0.333. The molecule has 1 unspecified atom stereocenters. The maximum absolute atomic E-state index is 12.9. The second-order valence-corrected chi connectivity index (χ2v) is 9.18. The minimum Gasteiger partial charge on any atom is -0.352 e. The summed E-state index contributed by atoms with van der Waals surface area (Å²) in [5.74, 6) is 2.17. The van der Waals surface area contributed by atoms with Crippen molar-refractivity contribution in [3.8, 4) is 17.1 Å². The Bertz CT molecular complexity index is 1290. The number of amides is 1. The Morgan fingerprint density at radius 3 is 2.80 bits per heavy atom. The third-order valence-corrected chi connectivity index (χ3v) is 6.49. The van der Waals surface area contributed by atoms with E-state index in [2.05, 4.69) is 25.3 Å². The predicted octanol–water partition coefficient (Wildman–Crippen LogP) is 4.07. The SMILES string of the molecule is Cc1cccc(-c2noc(CN3CCCC(C(=O)NCc4ccc(-n5ccnc5C)cc4)C3)n2)c1. The number of nitrogens with zero attached hydrogens (tertiary/aromatic N) is 5. The lowest BCUT2D eigenvalue weighted by Gasteiger charge is -2.30. The molecule has 5 rings (SSSR count). The lowest BCUT2D eigenvalue weighted by Crippen LogP contribution is -2.42. The number of rotatable bonds is 7. The molecule has 0 aliphatic carbocycles. The number of benzene rings is 2. The Morgan fingerprint density at radius 1 is 1.17 bits per heavy atom. The summed E-state index contributed by atoms with van der Waals surface area (Å²) in [6, 6.07) is 16.2. The summed E-state index contributed by atoms with van der Waals surface area (Å²) in [4.78, 5) is 23.9. The molecule has 8 nitrogen and oxygen atoms in total. The van der Waals surface area contributed by atoms with E-state index in [1.807, 2.05) is 73.1 Å². The van der Waals surface area contributed by atoms with Gasteiger partial charge in [-0.15, -0.1) is 0 Å². The minimum atomic E-state index is -0.0456. The molecule has 1 aliphatic rings. The summed E-state index contributed by atoms with van der Waals surface area (Å²) >= 11 is 0. The molecule has 4 aromatic rings. The van der Waals surface area contributed by atoms with Gasteiger partial charge in [0.25, 0.3) is 0 Å². The van der Waals surface area contributed by atoms with Crippen molar-refractivity contribution in [2.45, 2.75) is 39.8 Å². The quantitative estimate of drug-likeness (QED) is 0.438. The summed E-state index contributed by atoms with van der Waals surface area (Å²) in [6.07, 6.45) is 5.59. The topological polar surface area (TPSA) is 89.1 Å². The van der Waals surface area contributed by atoms with Gasteiger partial charge < -0.3 is 14.4 Å². The van der Waals surface area contributed by atoms with E-state index in [4.69, 9.17) is 4.52 Å². The number of imidazole rings is 1. The van der Waals surface area contributed by atoms with E-state index < -0.39 is 0 Å². The molecular formula is C27H30N6O2. The van der Waals surface area contributed by atoms with Crippen molar-refractivity contribution in [2.75, 3.05) is 13.1 Å². The first kappa shape index (κ1) is 23.0. The second-order valence-electron chi connectivity index (χ2n) is 9.18. The van der Waals surface area contributed by atoms with Gasteiger partial charge in [0.15, 0.2) is 0 Å². The molecule has 3 heterocycles. The van der Waals surface area contributed by atoms with Crippen LogP contribution in [0.3, 0.4) is 0 Å². The molecule has 2 aromatic carbocycles. The van der Waals surface area contributed by atoms with Gasteiger partial charge in [-0.05, 0) is 57.0 Å². The van der Waals surface area contributed by atoms with E-state index in [9.17, 15) is 4.79 Å². The molecule has 1 atom stereocenters. The molecule has 1 aliphatic heterocycles. The number of aromatic nitrogens is 4. The number of hydrogen-bond donors (Lipinski definition) is 1. The number of likely N-dealkylation sites (tertiary alicyclic amines) is 1. The van der Waals surface area contributed by atoms with Crippen LogP contribution in [0.5, 0.6) is 0 Å². The van der Waals surface area contributed by atoms with Gasteiger partial charge in [0.1, 0.15) is 5.82 Å². The van der Waals surface area contributed by atoms with Gasteiger partial charge in [0, 0.05) is 36.7 Å². The molecule has 0 saturated carbocycles. The van der Waals surface area contributed by atoms with Crippen molar-refractivity contribution in [1.29, 1.82) is 0 Å². The lowest BCUT2D eigenvalue weighted by molar-refractivity contribution is -0.127. The van der Waals surface area contributed by atoms with Gasteiger partial charge >= 0.3 is 0 Å². The highest BCUT2D eigenvalue weighted by molar-refractivity contribution is 5.79. The zero-order chi connectivity index (χ0) is 24.2. The molecule has 0 radical (unpaired) electrons. The van der Waals surface area contributed by atoms with Gasteiger partial charge in [0.05, 0.1) is 12.5 Å². The highest BCUT2D eigenvalue weighted by atomic mass is 16.5. The molecule has 0 spiro atoms. The van der Waals surface area contributed by atoms with Crippen LogP contribution in [0.15, 0.2) is 65.4 Å². The van der Waals surface area contributed by atoms with E-state index in [-0.39, 0.29) is 11.8 Å². The molecule has 180 valence electrons. The van der Waals surface area contributed by atoms with Crippen molar-refractivity contribution in [3.63, 3.8) is 0 Å². The van der Waals surface area contributed by atoms with E-state index in [1.165, 1.54) is 0 Å². The highest BCUT2D eigenvalue weighted by Gasteiger charge is 2.26. The van der Waals surface area contributed by atoms with Crippen LogP contribution >= 0.6 is 0 Å². The van der Waals surface area contributed by atoms with Crippen molar-refractivity contribution in [2.24, 2.45) is 5.92 Å². The molecule has 8 heteroatoms. The molecule has 1 N–H and O–H groups in total. The van der Waals surface area contributed by atoms with E-state index in [0.717, 1.165) is 47.6 Å². The molecular weight excluding hydrogens is 440 g/mol. The molecule has 1 fully saturated rings. The number of piperidine rings is 1. The monoisotopic (exact) mass is 470 g/mol. The molecule has 2 aromatic heterocycles. The minimum absolute atomic E-state index is 0.0456. The average molecular weight is 471 g/mol. The lowest BCUT2D eigenvalue weighted by atomic mass is 9.97. The number of carbonyl (C=O) groups is 1. The van der Waals surface area contributed by atoms with E-state index in [0.29, 0.717) is 31.3 Å². The van der Waals surface area contributed by atoms with Gasteiger partial charge in [-0.1, -0.05) is 41.1 Å². The molecule has 0 bridgehead atoms. The van der Waals surface area contributed by atoms with Crippen LogP contribution in [0.25, 0.3) is 17.1 Å². The maximum Gasteiger partial charge on any atom is 0.241 e. The van der Waals surface area contributed by atoms with Crippen LogP contribution in [-0.4, -0.2) is 43.6 Å². The molecule has 35 heavy (non-hydrogen) atoms. The normalized spacial score (nSPS) is 16.3. The summed E-state index contributed by atoms with van der Waals surface area (Å²) in [5, 5.41) is 7.25. The van der Waals surface area contributed by atoms with Crippen LogP contribution in [0.2, 0.25) is 0 Å². The molecule has 1 saturated heterocycles. The van der Waals surface area contributed by atoms with Crippen molar-refractivity contribution < 1.29 is 9.32 Å². The maximum atomic E-state index is 12.9. The third-order valence-electron chi connectivity index (χ3n) is 6.49. The Hall–Kier alpha value is -3.78. The number of hydrogen-bond acceptors (Lipinski definition) is 6. The number of carbonyl (C=O) groups excluding carboxylic acids is 1. The second kappa shape index (κ2) is 10.2. The summed E-state index contributed by atoms with van der Waals surface area (Å²) in [6.45, 7) is 6.69. The summed E-state index contributed by atoms with van der Waals surface area (Å²) in [5.41, 5.74) is 4.23. The van der Waals surface area contributed by atoms with Gasteiger partial charge in [-0.3, -0.25) is 9.69 Å². The average Bonchev–Trinajstić information content (AvgIpc) is 3.52. The third kappa shape index (κ3) is 5.49. The van der Waals surface area contributed by atoms with E-state index >= 15 is 0 Å². The van der Waals surface area contributed by atoms with Crippen LogP contribution in [0.1, 0.15) is 35.7 Å². The summed E-state index contributed by atoms with van der Waals surface area (Å²) < 4.78 is 7.53. The van der Waals surface area contributed by atoms with Gasteiger partial charge in [0.2, 0.25) is 17.6 Å². The summed E-state index contributed by atoms with van der Waals surface area (Å²) in [7, 11) is 0. The van der Waals surface area contributed by atoms with Gasteiger partial charge in [-0.25, -0.2) is 4.98 Å². The fourth-order valence-electron chi connectivity index (χ4n) is 4.58. The van der Waals surface area contributed by atoms with Crippen LogP contribution < -0.4 is 5.32 Å². The van der Waals surface area contributed by atoms with Crippen LogP contribution in [0.4, 0.5) is 0 Å². The zero-order valence-corrected chi connectivity index (χ0v) is 20.1. The van der Waals surface area contributed by atoms with E-state index in [1.54, 1.807) is 6.20 Å². The smallest absolute Gasteiger partial charge is 0.241 e. The van der Waals surface area contributed by atoms with Crippen molar-refractivity contribution in [1.82, 2.24) is 29.9 Å². The zero-order valence-electron chi connectivity index (χ0n) is 20.1. The highest BCUT2D eigenvalue weighted by Crippen LogP contribution is 2.21. The number of nitrogens with one attached hydrogen (secondary N) is 1. The first-order valence-electron chi connectivity index (χ1n) is 12.0.